The predicted molar refractivity (Wildman–Crippen MR) is 116 cm³/mol. The zero-order valence-corrected chi connectivity index (χ0v) is 16.1. The number of hydrogen-bond acceptors (Lipinski definition) is 6. The minimum absolute atomic E-state index is 0.0356. The molecule has 0 fully saturated rings. The van der Waals surface area contributed by atoms with Crippen molar-refractivity contribution < 1.29 is 9.84 Å². The van der Waals surface area contributed by atoms with E-state index in [1.807, 2.05) is 55.5 Å². The van der Waals surface area contributed by atoms with Gasteiger partial charge in [0, 0.05) is 16.5 Å². The van der Waals surface area contributed by atoms with Gasteiger partial charge in [0.25, 0.3) is 0 Å². The zero-order chi connectivity index (χ0) is 20.2. The number of nitrogens with zero attached hydrogens (tertiary/aromatic N) is 3. The second-order valence-corrected chi connectivity index (χ2v) is 6.55. The smallest absolute Gasteiger partial charge is 0.166 e. The SMILES string of the molecule is COc1cccc(/C=N/Nc2nc(-c3ccc(C)cc3)nc3ccccc23)c1O. The summed E-state index contributed by atoms with van der Waals surface area (Å²) in [5.41, 5.74) is 6.45. The van der Waals surface area contributed by atoms with Crippen molar-refractivity contribution >= 4 is 22.9 Å². The quantitative estimate of drug-likeness (QED) is 0.383. The first-order chi connectivity index (χ1) is 14.2. The lowest BCUT2D eigenvalue weighted by Crippen LogP contribution is -1.99. The summed E-state index contributed by atoms with van der Waals surface area (Å²) < 4.78 is 5.13. The maximum absolute atomic E-state index is 10.2. The lowest BCUT2D eigenvalue weighted by atomic mass is 10.1. The van der Waals surface area contributed by atoms with Gasteiger partial charge < -0.3 is 9.84 Å². The number of ether oxygens (including phenoxy) is 1. The Bertz CT molecular complexity index is 1190. The molecule has 0 atom stereocenters. The number of methoxy groups -OCH3 is 1. The Morgan fingerprint density at radius 1 is 0.966 bits per heavy atom. The van der Waals surface area contributed by atoms with Gasteiger partial charge in [0.15, 0.2) is 23.1 Å². The van der Waals surface area contributed by atoms with Crippen LogP contribution in [-0.2, 0) is 0 Å². The second kappa shape index (κ2) is 7.98. The first-order valence-corrected chi connectivity index (χ1v) is 9.14. The van der Waals surface area contributed by atoms with Gasteiger partial charge in [-0.15, -0.1) is 0 Å². The molecule has 2 N–H and O–H groups in total. The average Bonchev–Trinajstić information content (AvgIpc) is 2.75. The van der Waals surface area contributed by atoms with Crippen molar-refractivity contribution in [2.24, 2.45) is 5.10 Å². The molecule has 4 rings (SSSR count). The van der Waals surface area contributed by atoms with Crippen LogP contribution in [0.4, 0.5) is 5.82 Å². The van der Waals surface area contributed by atoms with E-state index in [1.54, 1.807) is 18.2 Å². The molecule has 6 heteroatoms. The molecule has 0 saturated heterocycles. The van der Waals surface area contributed by atoms with Gasteiger partial charge in [0.1, 0.15) is 0 Å². The molecule has 6 nitrogen and oxygen atoms in total. The highest BCUT2D eigenvalue weighted by molar-refractivity contribution is 5.91. The van der Waals surface area contributed by atoms with Crippen LogP contribution >= 0.6 is 0 Å². The standard InChI is InChI=1S/C23H20N4O2/c1-15-10-12-16(13-11-15)22-25-19-8-4-3-7-18(19)23(26-22)27-24-14-17-6-5-9-20(29-2)21(17)28/h3-14,28H,1-2H3,(H,25,26,27)/b24-14+. The Hall–Kier alpha value is -3.93. The second-order valence-electron chi connectivity index (χ2n) is 6.55. The molecular weight excluding hydrogens is 364 g/mol. The van der Waals surface area contributed by atoms with Crippen molar-refractivity contribution in [3.63, 3.8) is 0 Å². The molecule has 1 aromatic heterocycles. The summed E-state index contributed by atoms with van der Waals surface area (Å²) in [6.45, 7) is 2.04. The molecule has 0 saturated carbocycles. The summed E-state index contributed by atoms with van der Waals surface area (Å²) >= 11 is 0. The fourth-order valence-electron chi connectivity index (χ4n) is 2.96. The average molecular weight is 384 g/mol. The maximum atomic E-state index is 10.2. The molecule has 3 aromatic carbocycles. The Morgan fingerprint density at radius 2 is 1.76 bits per heavy atom. The minimum Gasteiger partial charge on any atom is -0.504 e. The van der Waals surface area contributed by atoms with Gasteiger partial charge in [-0.05, 0) is 31.2 Å². The molecule has 29 heavy (non-hydrogen) atoms. The predicted octanol–water partition coefficient (Wildman–Crippen LogP) is 4.77. The monoisotopic (exact) mass is 384 g/mol. The molecule has 4 aromatic rings. The van der Waals surface area contributed by atoms with Gasteiger partial charge in [-0.2, -0.15) is 5.10 Å². The number of nitrogens with one attached hydrogen (secondary N) is 1. The van der Waals surface area contributed by atoms with Gasteiger partial charge in [-0.25, -0.2) is 9.97 Å². The number of anilines is 1. The van der Waals surface area contributed by atoms with E-state index in [9.17, 15) is 5.11 Å². The van der Waals surface area contributed by atoms with E-state index in [0.29, 0.717) is 23.0 Å². The molecule has 0 amide bonds. The maximum Gasteiger partial charge on any atom is 0.166 e. The summed E-state index contributed by atoms with van der Waals surface area (Å²) in [5, 5.41) is 15.3. The van der Waals surface area contributed by atoms with Crippen LogP contribution < -0.4 is 10.2 Å². The number of aromatic nitrogens is 2. The molecule has 0 aliphatic heterocycles. The number of phenols is 1. The molecule has 0 unspecified atom stereocenters. The topological polar surface area (TPSA) is 79.6 Å². The highest BCUT2D eigenvalue weighted by Crippen LogP contribution is 2.28. The fourth-order valence-corrected chi connectivity index (χ4v) is 2.96. The van der Waals surface area contributed by atoms with Crippen molar-refractivity contribution in [3.05, 3.63) is 77.9 Å². The summed E-state index contributed by atoms with van der Waals surface area (Å²) in [6, 6.07) is 21.0. The third-order valence-corrected chi connectivity index (χ3v) is 4.54. The number of aromatic hydroxyl groups is 1. The van der Waals surface area contributed by atoms with Crippen LogP contribution in [-0.4, -0.2) is 28.4 Å². The zero-order valence-electron chi connectivity index (χ0n) is 16.1. The third-order valence-electron chi connectivity index (χ3n) is 4.54. The van der Waals surface area contributed by atoms with Crippen molar-refractivity contribution in [2.75, 3.05) is 12.5 Å². The molecule has 0 aliphatic carbocycles. The van der Waals surface area contributed by atoms with E-state index in [0.717, 1.165) is 16.5 Å². The van der Waals surface area contributed by atoms with E-state index < -0.39 is 0 Å². The Kier molecular flexibility index (Phi) is 5.07. The van der Waals surface area contributed by atoms with E-state index in [1.165, 1.54) is 18.9 Å². The summed E-state index contributed by atoms with van der Waals surface area (Å²) in [4.78, 5) is 9.34. The van der Waals surface area contributed by atoms with E-state index in [4.69, 9.17) is 4.74 Å². The van der Waals surface area contributed by atoms with Gasteiger partial charge >= 0.3 is 0 Å². The summed E-state index contributed by atoms with van der Waals surface area (Å²) in [7, 11) is 1.51. The largest absolute Gasteiger partial charge is 0.504 e. The van der Waals surface area contributed by atoms with Gasteiger partial charge in [-0.1, -0.05) is 48.0 Å². The van der Waals surface area contributed by atoms with Gasteiger partial charge in [-0.3, -0.25) is 5.43 Å². The molecule has 0 aliphatic rings. The van der Waals surface area contributed by atoms with Crippen molar-refractivity contribution in [2.45, 2.75) is 6.92 Å². The molecule has 0 spiro atoms. The minimum atomic E-state index is 0.0356. The van der Waals surface area contributed by atoms with Crippen LogP contribution in [0.15, 0.2) is 71.8 Å². The number of hydrazone groups is 1. The van der Waals surface area contributed by atoms with Crippen LogP contribution in [0, 0.1) is 6.92 Å². The Balaban J connectivity index is 1.70. The van der Waals surface area contributed by atoms with Crippen LogP contribution in [0.3, 0.4) is 0 Å². The van der Waals surface area contributed by atoms with Crippen molar-refractivity contribution in [1.82, 2.24) is 9.97 Å². The van der Waals surface area contributed by atoms with Crippen molar-refractivity contribution in [1.29, 1.82) is 0 Å². The number of fused-ring (bicyclic) bond motifs is 1. The highest BCUT2D eigenvalue weighted by Gasteiger charge is 2.09. The first kappa shape index (κ1) is 18.4. The highest BCUT2D eigenvalue weighted by atomic mass is 16.5. The number of para-hydroxylation sites is 2. The Labute approximate surface area is 168 Å². The number of hydrogen-bond donors (Lipinski definition) is 2. The van der Waals surface area contributed by atoms with Crippen LogP contribution in [0.1, 0.15) is 11.1 Å². The molecule has 144 valence electrons. The molecular formula is C23H20N4O2. The fraction of sp³-hybridized carbons (Fsp3) is 0.0870. The Morgan fingerprint density at radius 3 is 2.55 bits per heavy atom. The van der Waals surface area contributed by atoms with E-state index >= 15 is 0 Å². The van der Waals surface area contributed by atoms with Crippen LogP contribution in [0.25, 0.3) is 22.3 Å². The number of aryl methyl sites for hydroxylation is 1. The van der Waals surface area contributed by atoms with Crippen molar-refractivity contribution in [3.8, 4) is 22.9 Å². The number of rotatable bonds is 5. The third kappa shape index (κ3) is 3.87. The lowest BCUT2D eigenvalue weighted by Gasteiger charge is -2.09. The van der Waals surface area contributed by atoms with Gasteiger partial charge in [0.05, 0.1) is 18.8 Å². The molecule has 0 bridgehead atoms. The van der Waals surface area contributed by atoms with E-state index in [-0.39, 0.29) is 5.75 Å². The van der Waals surface area contributed by atoms with Crippen LogP contribution in [0.2, 0.25) is 0 Å². The van der Waals surface area contributed by atoms with Crippen LogP contribution in [0.5, 0.6) is 11.5 Å². The lowest BCUT2D eigenvalue weighted by molar-refractivity contribution is 0.373. The normalized spacial score (nSPS) is 11.1. The first-order valence-electron chi connectivity index (χ1n) is 9.14. The number of phenolic OH excluding ortho intramolecular Hbond substituents is 1. The molecule has 0 radical (unpaired) electrons. The molecule has 1 heterocycles. The summed E-state index contributed by atoms with van der Waals surface area (Å²) in [5.74, 6) is 1.63. The number of benzene rings is 3. The summed E-state index contributed by atoms with van der Waals surface area (Å²) in [6.07, 6.45) is 1.53. The van der Waals surface area contributed by atoms with E-state index in [2.05, 4.69) is 20.5 Å². The van der Waals surface area contributed by atoms with Gasteiger partial charge in [0.2, 0.25) is 0 Å².